The number of aryl methyl sites for hydroxylation is 1. The Morgan fingerprint density at radius 3 is 2.67 bits per heavy atom. The Morgan fingerprint density at radius 1 is 1.33 bits per heavy atom. The fourth-order valence-corrected chi connectivity index (χ4v) is 2.67. The minimum absolute atomic E-state index is 0.151. The normalized spacial score (nSPS) is 11.5. The molecular weight excluding hydrogens is 290 g/mol. The number of sulfonamides is 1. The predicted octanol–water partition coefficient (Wildman–Crippen LogP) is 0.565. The second-order valence-electron chi connectivity index (χ2n) is 4.61. The maximum absolute atomic E-state index is 11.7. The Balaban J connectivity index is 2.01. The molecule has 0 saturated carbocycles. The van der Waals surface area contributed by atoms with Crippen LogP contribution >= 0.6 is 0 Å². The monoisotopic (exact) mass is 309 g/mol. The van der Waals surface area contributed by atoms with E-state index in [4.69, 9.17) is 5.73 Å². The molecule has 8 heteroatoms. The van der Waals surface area contributed by atoms with Crippen molar-refractivity contribution in [3.8, 4) is 0 Å². The lowest BCUT2D eigenvalue weighted by atomic mass is 10.2. The van der Waals surface area contributed by atoms with Crippen LogP contribution in [0, 0.1) is 0 Å². The van der Waals surface area contributed by atoms with Gasteiger partial charge in [-0.15, -0.1) is 0 Å². The molecule has 0 aliphatic heterocycles. The van der Waals surface area contributed by atoms with E-state index >= 15 is 0 Å². The molecule has 0 aliphatic carbocycles. The van der Waals surface area contributed by atoms with Crippen LogP contribution in [0.2, 0.25) is 0 Å². The molecule has 0 atom stereocenters. The van der Waals surface area contributed by atoms with Crippen LogP contribution in [0.4, 0.5) is 11.4 Å². The molecule has 0 aliphatic rings. The summed E-state index contributed by atoms with van der Waals surface area (Å²) in [5, 5.41) is 7.46. The van der Waals surface area contributed by atoms with Crippen molar-refractivity contribution in [1.29, 1.82) is 0 Å². The summed E-state index contributed by atoms with van der Waals surface area (Å²) < 4.78 is 27.3. The number of hydrogen-bond acceptors (Lipinski definition) is 5. The van der Waals surface area contributed by atoms with E-state index in [1.807, 2.05) is 19.3 Å². The Labute approximate surface area is 124 Å². The predicted molar refractivity (Wildman–Crippen MR) is 82.5 cm³/mol. The smallest absolute Gasteiger partial charge is 0.240 e. The standard InChI is InChI=1S/C13H19N5O2S/c1-15-21(19,20)11-3-4-13(12(14)9-11)16-7-5-10-6-8-18(2)17-10/h3-4,6,8-9,15-16H,5,7,14H2,1-2H3. The van der Waals surface area contributed by atoms with Crippen LogP contribution in [0.5, 0.6) is 0 Å². The molecule has 0 amide bonds. The summed E-state index contributed by atoms with van der Waals surface area (Å²) in [5.41, 5.74) is 7.97. The molecule has 1 aromatic heterocycles. The Morgan fingerprint density at radius 2 is 2.10 bits per heavy atom. The van der Waals surface area contributed by atoms with Crippen molar-refractivity contribution < 1.29 is 8.42 Å². The second kappa shape index (κ2) is 6.15. The third-order valence-electron chi connectivity index (χ3n) is 3.07. The number of rotatable bonds is 6. The average molecular weight is 309 g/mol. The summed E-state index contributed by atoms with van der Waals surface area (Å²) in [6.45, 7) is 0.666. The number of nitrogens with zero attached hydrogens (tertiary/aromatic N) is 2. The molecular formula is C13H19N5O2S. The van der Waals surface area contributed by atoms with Crippen LogP contribution in [0.3, 0.4) is 0 Å². The van der Waals surface area contributed by atoms with Crippen LogP contribution in [0.15, 0.2) is 35.4 Å². The zero-order chi connectivity index (χ0) is 15.5. The zero-order valence-electron chi connectivity index (χ0n) is 12.0. The van der Waals surface area contributed by atoms with Gasteiger partial charge >= 0.3 is 0 Å². The minimum Gasteiger partial charge on any atom is -0.397 e. The van der Waals surface area contributed by atoms with Crippen molar-refractivity contribution in [2.75, 3.05) is 24.6 Å². The summed E-state index contributed by atoms with van der Waals surface area (Å²) in [7, 11) is -0.232. The highest BCUT2D eigenvalue weighted by atomic mass is 32.2. The van der Waals surface area contributed by atoms with Gasteiger partial charge in [0.1, 0.15) is 0 Å². The second-order valence-corrected chi connectivity index (χ2v) is 6.50. The van der Waals surface area contributed by atoms with Gasteiger partial charge in [0.05, 0.1) is 22.0 Å². The maximum Gasteiger partial charge on any atom is 0.240 e. The van der Waals surface area contributed by atoms with E-state index in [1.54, 1.807) is 10.7 Å². The molecule has 0 bridgehead atoms. The maximum atomic E-state index is 11.7. The summed E-state index contributed by atoms with van der Waals surface area (Å²) in [4.78, 5) is 0.151. The van der Waals surface area contributed by atoms with E-state index in [1.165, 1.54) is 19.2 Å². The average Bonchev–Trinajstić information content (AvgIpc) is 2.86. The fourth-order valence-electron chi connectivity index (χ4n) is 1.91. The van der Waals surface area contributed by atoms with Crippen molar-refractivity contribution in [1.82, 2.24) is 14.5 Å². The highest BCUT2D eigenvalue weighted by Gasteiger charge is 2.12. The number of nitrogen functional groups attached to an aromatic ring is 1. The third kappa shape index (κ3) is 3.73. The molecule has 7 nitrogen and oxygen atoms in total. The highest BCUT2D eigenvalue weighted by Crippen LogP contribution is 2.22. The molecule has 21 heavy (non-hydrogen) atoms. The van der Waals surface area contributed by atoms with Gasteiger partial charge in [0.2, 0.25) is 10.0 Å². The highest BCUT2D eigenvalue weighted by molar-refractivity contribution is 7.89. The summed E-state index contributed by atoms with van der Waals surface area (Å²) in [5.74, 6) is 0. The number of aromatic nitrogens is 2. The van der Waals surface area contributed by atoms with E-state index in [0.29, 0.717) is 17.9 Å². The number of hydrogen-bond donors (Lipinski definition) is 3. The SMILES string of the molecule is CNS(=O)(=O)c1ccc(NCCc2ccn(C)n2)c(N)c1. The molecule has 0 saturated heterocycles. The Kier molecular flexibility index (Phi) is 4.49. The van der Waals surface area contributed by atoms with E-state index in [2.05, 4.69) is 15.1 Å². The number of anilines is 2. The van der Waals surface area contributed by atoms with E-state index in [-0.39, 0.29) is 4.90 Å². The Bertz CT molecular complexity index is 724. The van der Waals surface area contributed by atoms with Gasteiger partial charge in [-0.2, -0.15) is 5.10 Å². The first-order valence-corrected chi connectivity index (χ1v) is 7.96. The number of nitrogens with two attached hydrogens (primary N) is 1. The minimum atomic E-state index is -3.47. The summed E-state index contributed by atoms with van der Waals surface area (Å²) >= 11 is 0. The van der Waals surface area contributed by atoms with Crippen LogP contribution in [0.1, 0.15) is 5.69 Å². The molecule has 114 valence electrons. The van der Waals surface area contributed by atoms with Crippen LogP contribution < -0.4 is 15.8 Å². The first-order valence-electron chi connectivity index (χ1n) is 6.48. The van der Waals surface area contributed by atoms with Crippen molar-refractivity contribution in [2.45, 2.75) is 11.3 Å². The van der Waals surface area contributed by atoms with Gasteiger partial charge in [-0.05, 0) is 31.3 Å². The van der Waals surface area contributed by atoms with Crippen molar-refractivity contribution in [2.24, 2.45) is 7.05 Å². The number of benzene rings is 1. The van der Waals surface area contributed by atoms with Gasteiger partial charge in [0.25, 0.3) is 0 Å². The molecule has 2 aromatic rings. The van der Waals surface area contributed by atoms with Gasteiger partial charge in [-0.25, -0.2) is 13.1 Å². The van der Waals surface area contributed by atoms with Crippen molar-refractivity contribution in [3.63, 3.8) is 0 Å². The lowest BCUT2D eigenvalue weighted by molar-refractivity contribution is 0.588. The summed E-state index contributed by atoms with van der Waals surface area (Å²) in [6, 6.07) is 6.58. The lowest BCUT2D eigenvalue weighted by Crippen LogP contribution is -2.19. The molecule has 0 radical (unpaired) electrons. The quantitative estimate of drug-likeness (QED) is 0.677. The van der Waals surface area contributed by atoms with Gasteiger partial charge in [0, 0.05) is 26.2 Å². The first kappa shape index (κ1) is 15.3. The molecule has 1 heterocycles. The lowest BCUT2D eigenvalue weighted by Gasteiger charge is -2.10. The van der Waals surface area contributed by atoms with Gasteiger partial charge in [0.15, 0.2) is 0 Å². The van der Waals surface area contributed by atoms with E-state index in [9.17, 15) is 8.42 Å². The zero-order valence-corrected chi connectivity index (χ0v) is 12.8. The van der Waals surface area contributed by atoms with Gasteiger partial charge in [-0.3, -0.25) is 4.68 Å². The molecule has 0 unspecified atom stereocenters. The third-order valence-corrected chi connectivity index (χ3v) is 4.48. The number of nitrogens with one attached hydrogen (secondary N) is 2. The Hall–Kier alpha value is -2.06. The van der Waals surface area contributed by atoms with Crippen molar-refractivity contribution >= 4 is 21.4 Å². The van der Waals surface area contributed by atoms with Crippen LogP contribution in [-0.2, 0) is 23.5 Å². The van der Waals surface area contributed by atoms with Gasteiger partial charge in [-0.1, -0.05) is 0 Å². The summed E-state index contributed by atoms with van der Waals surface area (Å²) in [6.07, 6.45) is 2.65. The van der Waals surface area contributed by atoms with Gasteiger partial charge < -0.3 is 11.1 Å². The van der Waals surface area contributed by atoms with Crippen LogP contribution in [-0.4, -0.2) is 31.8 Å². The molecule has 2 rings (SSSR count). The molecule has 0 fully saturated rings. The van der Waals surface area contributed by atoms with E-state index < -0.39 is 10.0 Å². The first-order chi connectivity index (χ1) is 9.92. The van der Waals surface area contributed by atoms with Crippen LogP contribution in [0.25, 0.3) is 0 Å². The largest absolute Gasteiger partial charge is 0.397 e. The fraction of sp³-hybridized carbons (Fsp3) is 0.308. The van der Waals surface area contributed by atoms with Crippen molar-refractivity contribution in [3.05, 3.63) is 36.2 Å². The van der Waals surface area contributed by atoms with E-state index in [0.717, 1.165) is 12.1 Å². The molecule has 1 aromatic carbocycles. The molecule has 0 spiro atoms. The topological polar surface area (TPSA) is 102 Å². The molecule has 4 N–H and O–H groups in total.